The van der Waals surface area contributed by atoms with Crippen molar-refractivity contribution >= 4 is 22.6 Å². The normalized spacial score (nSPS) is 12.1. The molecule has 0 atom stereocenters. The van der Waals surface area contributed by atoms with E-state index in [0.717, 1.165) is 0 Å². The Morgan fingerprint density at radius 2 is 1.55 bits per heavy atom. The Kier molecular flexibility index (Phi) is 4.86. The Balaban J connectivity index is 1.62. The zero-order valence-electron chi connectivity index (χ0n) is 17.8. The zero-order chi connectivity index (χ0) is 23.1. The summed E-state index contributed by atoms with van der Waals surface area (Å²) in [5.41, 5.74) is 0.308. The molecule has 0 saturated heterocycles. The number of rotatable bonds is 4. The molecule has 1 N–H and O–H groups in total. The van der Waals surface area contributed by atoms with E-state index in [1.807, 2.05) is 18.2 Å². The number of nitrogens with zero attached hydrogens (tertiary/aromatic N) is 2. The minimum absolute atomic E-state index is 0.104. The topological polar surface area (TPSA) is 101 Å². The van der Waals surface area contributed by atoms with Crippen molar-refractivity contribution in [2.75, 3.05) is 12.1 Å². The molecule has 166 valence electrons. The van der Waals surface area contributed by atoms with Crippen molar-refractivity contribution in [2.45, 2.75) is 0 Å². The third-order valence-electron chi connectivity index (χ3n) is 5.45. The van der Waals surface area contributed by atoms with Gasteiger partial charge in [-0.1, -0.05) is 18.2 Å². The van der Waals surface area contributed by atoms with Crippen molar-refractivity contribution in [2.24, 2.45) is 14.1 Å². The number of ether oxygens (including phenoxy) is 3. The number of amides is 1. The van der Waals surface area contributed by atoms with E-state index in [4.69, 9.17) is 14.2 Å². The second kappa shape index (κ2) is 7.86. The number of hydrogen-bond acceptors (Lipinski definition) is 6. The van der Waals surface area contributed by atoms with Crippen LogP contribution < -0.4 is 30.6 Å². The predicted octanol–water partition coefficient (Wildman–Crippen LogP) is 3.01. The molecule has 9 heteroatoms. The number of carbonyl (C=O) groups is 1. The number of fused-ring (bicyclic) bond motifs is 2. The third kappa shape index (κ3) is 3.59. The van der Waals surface area contributed by atoms with Gasteiger partial charge in [-0.25, -0.2) is 0 Å². The lowest BCUT2D eigenvalue weighted by Gasteiger charge is -2.16. The summed E-state index contributed by atoms with van der Waals surface area (Å²) in [5.74, 6) is 1.52. The van der Waals surface area contributed by atoms with Crippen molar-refractivity contribution in [1.29, 1.82) is 0 Å². The fraction of sp³-hybridized carbons (Fsp3) is 0.125. The monoisotopic (exact) mass is 445 g/mol. The van der Waals surface area contributed by atoms with E-state index in [2.05, 4.69) is 5.32 Å². The molecule has 0 fully saturated rings. The molecule has 1 aromatic heterocycles. The number of carbonyl (C=O) groups excluding carboxylic acids is 1. The molecule has 2 heterocycles. The summed E-state index contributed by atoms with van der Waals surface area (Å²) in [5, 5.41) is 2.85. The first kappa shape index (κ1) is 20.4. The Labute approximate surface area is 187 Å². The van der Waals surface area contributed by atoms with Crippen LogP contribution in [0.25, 0.3) is 11.0 Å². The van der Waals surface area contributed by atoms with E-state index >= 15 is 0 Å². The molecular weight excluding hydrogens is 426 g/mol. The SMILES string of the molecule is Cn1c(=O)c(=O)n(C)c2cc(Oc3ccccc3)c(NC(=O)c3ccc4c(c3)OCO4)cc21. The zero-order valence-corrected chi connectivity index (χ0v) is 17.8. The minimum atomic E-state index is -0.672. The lowest BCUT2D eigenvalue weighted by Crippen LogP contribution is -2.39. The predicted molar refractivity (Wildman–Crippen MR) is 121 cm³/mol. The molecule has 9 nitrogen and oxygen atoms in total. The van der Waals surface area contributed by atoms with E-state index in [1.165, 1.54) is 23.2 Å². The maximum Gasteiger partial charge on any atom is 0.316 e. The van der Waals surface area contributed by atoms with E-state index in [9.17, 15) is 14.4 Å². The molecule has 3 aromatic carbocycles. The van der Waals surface area contributed by atoms with E-state index in [1.54, 1.807) is 42.5 Å². The van der Waals surface area contributed by atoms with Crippen LogP contribution in [0, 0.1) is 0 Å². The number of nitrogens with one attached hydrogen (secondary N) is 1. The molecule has 0 spiro atoms. The largest absolute Gasteiger partial charge is 0.455 e. The summed E-state index contributed by atoms with van der Waals surface area (Å²) in [4.78, 5) is 37.7. The van der Waals surface area contributed by atoms with Crippen LogP contribution in [0.5, 0.6) is 23.0 Å². The number of anilines is 1. The van der Waals surface area contributed by atoms with Crippen molar-refractivity contribution in [3.05, 3.63) is 86.9 Å². The Bertz CT molecular complexity index is 1520. The van der Waals surface area contributed by atoms with Crippen LogP contribution in [0.15, 0.2) is 70.3 Å². The summed E-state index contributed by atoms with van der Waals surface area (Å²) in [6.07, 6.45) is 0. The number of benzene rings is 3. The summed E-state index contributed by atoms with van der Waals surface area (Å²) in [6, 6.07) is 17.2. The Morgan fingerprint density at radius 1 is 0.879 bits per heavy atom. The van der Waals surface area contributed by atoms with Crippen LogP contribution in [0.1, 0.15) is 10.4 Å². The summed E-state index contributed by atoms with van der Waals surface area (Å²) in [6.45, 7) is 0.104. The first-order valence-corrected chi connectivity index (χ1v) is 10.1. The van der Waals surface area contributed by atoms with Gasteiger partial charge in [-0.05, 0) is 36.4 Å². The molecule has 33 heavy (non-hydrogen) atoms. The molecule has 0 aliphatic carbocycles. The van der Waals surface area contributed by atoms with Crippen LogP contribution in [-0.2, 0) is 14.1 Å². The molecular formula is C24H19N3O6. The van der Waals surface area contributed by atoms with Crippen LogP contribution in [0.2, 0.25) is 0 Å². The summed E-state index contributed by atoms with van der Waals surface area (Å²) < 4.78 is 19.2. The number of para-hydroxylation sites is 1. The molecule has 1 amide bonds. The number of aryl methyl sites for hydroxylation is 2. The molecule has 4 aromatic rings. The van der Waals surface area contributed by atoms with Gasteiger partial charge >= 0.3 is 11.1 Å². The first-order valence-electron chi connectivity index (χ1n) is 10.1. The average molecular weight is 445 g/mol. The van der Waals surface area contributed by atoms with E-state index in [0.29, 0.717) is 45.3 Å². The highest BCUT2D eigenvalue weighted by atomic mass is 16.7. The standard InChI is InChI=1S/C24H19N3O6/c1-26-17-11-16(25-22(28)14-8-9-19-21(10-14)32-13-31-19)20(33-15-6-4-3-5-7-15)12-18(17)27(2)24(30)23(26)29/h3-12H,13H2,1-2H3,(H,25,28). The highest BCUT2D eigenvalue weighted by Crippen LogP contribution is 2.35. The summed E-state index contributed by atoms with van der Waals surface area (Å²) in [7, 11) is 3.02. The van der Waals surface area contributed by atoms with Crippen molar-refractivity contribution in [3.8, 4) is 23.0 Å². The van der Waals surface area contributed by atoms with Gasteiger partial charge < -0.3 is 28.7 Å². The van der Waals surface area contributed by atoms with Crippen LogP contribution in [0.4, 0.5) is 5.69 Å². The second-order valence-corrected chi connectivity index (χ2v) is 7.50. The number of hydrogen-bond donors (Lipinski definition) is 1. The van der Waals surface area contributed by atoms with Gasteiger partial charge in [-0.2, -0.15) is 0 Å². The number of aromatic nitrogens is 2. The maximum absolute atomic E-state index is 13.0. The first-order chi connectivity index (χ1) is 15.9. The van der Waals surface area contributed by atoms with Gasteiger partial charge in [-0.15, -0.1) is 0 Å². The highest BCUT2D eigenvalue weighted by Gasteiger charge is 2.19. The smallest absolute Gasteiger partial charge is 0.316 e. The van der Waals surface area contributed by atoms with Gasteiger partial charge in [0.15, 0.2) is 17.2 Å². The molecule has 0 radical (unpaired) electrons. The lowest BCUT2D eigenvalue weighted by molar-refractivity contribution is 0.102. The third-order valence-corrected chi connectivity index (χ3v) is 5.45. The fourth-order valence-electron chi connectivity index (χ4n) is 3.63. The fourth-order valence-corrected chi connectivity index (χ4v) is 3.63. The van der Waals surface area contributed by atoms with Gasteiger partial charge in [-0.3, -0.25) is 14.4 Å². The van der Waals surface area contributed by atoms with Gasteiger partial charge in [0.25, 0.3) is 5.91 Å². The van der Waals surface area contributed by atoms with Crippen LogP contribution in [-0.4, -0.2) is 21.8 Å². The van der Waals surface area contributed by atoms with Crippen molar-refractivity contribution in [3.63, 3.8) is 0 Å². The van der Waals surface area contributed by atoms with Gasteiger partial charge in [0.1, 0.15) is 5.75 Å². The minimum Gasteiger partial charge on any atom is -0.455 e. The lowest BCUT2D eigenvalue weighted by atomic mass is 10.1. The molecule has 1 aliphatic rings. The summed E-state index contributed by atoms with van der Waals surface area (Å²) >= 11 is 0. The molecule has 0 bridgehead atoms. The Hall–Kier alpha value is -4.53. The molecule has 1 aliphatic heterocycles. The Morgan fingerprint density at radius 3 is 2.27 bits per heavy atom. The van der Waals surface area contributed by atoms with Gasteiger partial charge in [0, 0.05) is 25.7 Å². The van der Waals surface area contributed by atoms with Crippen LogP contribution >= 0.6 is 0 Å². The van der Waals surface area contributed by atoms with Crippen molar-refractivity contribution in [1.82, 2.24) is 9.13 Å². The highest BCUT2D eigenvalue weighted by molar-refractivity contribution is 6.06. The quantitative estimate of drug-likeness (QED) is 0.485. The van der Waals surface area contributed by atoms with E-state index < -0.39 is 17.0 Å². The van der Waals surface area contributed by atoms with Gasteiger partial charge in [0.05, 0.1) is 16.7 Å². The average Bonchev–Trinajstić information content (AvgIpc) is 3.30. The van der Waals surface area contributed by atoms with Gasteiger partial charge in [0.2, 0.25) is 6.79 Å². The molecule has 0 saturated carbocycles. The van der Waals surface area contributed by atoms with E-state index in [-0.39, 0.29) is 6.79 Å². The van der Waals surface area contributed by atoms with Crippen molar-refractivity contribution < 1.29 is 19.0 Å². The molecule has 0 unspecified atom stereocenters. The second-order valence-electron chi connectivity index (χ2n) is 7.50. The van der Waals surface area contributed by atoms with Crippen LogP contribution in [0.3, 0.4) is 0 Å². The molecule has 5 rings (SSSR count). The maximum atomic E-state index is 13.0.